The van der Waals surface area contributed by atoms with Crippen LogP contribution in [0.1, 0.15) is 25.0 Å². The van der Waals surface area contributed by atoms with Gasteiger partial charge in [0.1, 0.15) is 6.61 Å². The third-order valence-corrected chi connectivity index (χ3v) is 3.46. The first-order valence-corrected chi connectivity index (χ1v) is 8.64. The summed E-state index contributed by atoms with van der Waals surface area (Å²) in [5.74, 6) is 1.40. The highest BCUT2D eigenvalue weighted by molar-refractivity contribution is 7.80. The number of hydrogen-bond donors (Lipinski definition) is 2. The van der Waals surface area contributed by atoms with Gasteiger partial charge in [-0.15, -0.1) is 0 Å². The van der Waals surface area contributed by atoms with Gasteiger partial charge in [0.15, 0.2) is 16.6 Å². The summed E-state index contributed by atoms with van der Waals surface area (Å²) in [6.07, 6.45) is 1.69. The van der Waals surface area contributed by atoms with Gasteiger partial charge in [-0.05, 0) is 55.4 Å². The zero-order chi connectivity index (χ0) is 17.9. The van der Waals surface area contributed by atoms with Gasteiger partial charge in [-0.1, -0.05) is 30.3 Å². The first-order valence-electron chi connectivity index (χ1n) is 8.23. The van der Waals surface area contributed by atoms with Crippen molar-refractivity contribution in [2.24, 2.45) is 5.10 Å². The van der Waals surface area contributed by atoms with E-state index in [1.807, 2.05) is 62.4 Å². The van der Waals surface area contributed by atoms with Gasteiger partial charge in [0.05, 0.1) is 12.8 Å². The van der Waals surface area contributed by atoms with E-state index in [-0.39, 0.29) is 0 Å². The fourth-order valence-electron chi connectivity index (χ4n) is 2.09. The molecule has 25 heavy (non-hydrogen) atoms. The van der Waals surface area contributed by atoms with Gasteiger partial charge in [-0.25, -0.2) is 0 Å². The van der Waals surface area contributed by atoms with E-state index in [0.29, 0.717) is 29.8 Å². The van der Waals surface area contributed by atoms with Crippen molar-refractivity contribution in [3.63, 3.8) is 0 Å². The van der Waals surface area contributed by atoms with Crippen molar-refractivity contribution >= 4 is 23.5 Å². The molecule has 0 atom stereocenters. The van der Waals surface area contributed by atoms with Crippen LogP contribution in [-0.2, 0) is 6.61 Å². The molecule has 0 spiro atoms. The van der Waals surface area contributed by atoms with Gasteiger partial charge >= 0.3 is 0 Å². The van der Waals surface area contributed by atoms with Crippen LogP contribution in [0.15, 0.2) is 53.6 Å². The number of nitrogens with zero attached hydrogens (tertiary/aromatic N) is 1. The molecule has 0 bridgehead atoms. The maximum Gasteiger partial charge on any atom is 0.186 e. The molecule has 0 aromatic heterocycles. The summed E-state index contributed by atoms with van der Waals surface area (Å²) in [4.78, 5) is 0. The van der Waals surface area contributed by atoms with Crippen LogP contribution in [0.25, 0.3) is 0 Å². The van der Waals surface area contributed by atoms with E-state index in [0.717, 1.165) is 17.7 Å². The Balaban J connectivity index is 2.03. The van der Waals surface area contributed by atoms with E-state index >= 15 is 0 Å². The normalized spacial score (nSPS) is 10.5. The second-order valence-electron chi connectivity index (χ2n) is 5.14. The SMILES string of the molecule is CCNC(=S)NN=Cc1ccc(OCc2ccccc2)c(OCC)c1. The first kappa shape index (κ1) is 18.7. The Hall–Kier alpha value is -2.60. The van der Waals surface area contributed by atoms with Crippen molar-refractivity contribution in [1.29, 1.82) is 0 Å². The third kappa shape index (κ3) is 6.43. The monoisotopic (exact) mass is 357 g/mol. The van der Waals surface area contributed by atoms with Gasteiger partial charge in [0.2, 0.25) is 0 Å². The van der Waals surface area contributed by atoms with Crippen LogP contribution in [0.2, 0.25) is 0 Å². The number of rotatable bonds is 8. The second kappa shape index (κ2) is 10.3. The van der Waals surface area contributed by atoms with Crippen LogP contribution in [0.4, 0.5) is 0 Å². The summed E-state index contributed by atoms with van der Waals surface area (Å²) in [5.41, 5.74) is 4.76. The van der Waals surface area contributed by atoms with Crippen molar-refractivity contribution in [2.75, 3.05) is 13.2 Å². The Bertz CT molecular complexity index is 705. The molecule has 0 saturated carbocycles. The summed E-state index contributed by atoms with van der Waals surface area (Å²) in [6.45, 7) is 5.72. The zero-order valence-electron chi connectivity index (χ0n) is 14.5. The molecule has 132 valence electrons. The molecule has 0 saturated heterocycles. The largest absolute Gasteiger partial charge is 0.490 e. The minimum absolute atomic E-state index is 0.492. The first-order chi connectivity index (χ1) is 12.2. The Labute approximate surface area is 154 Å². The number of hydrogen-bond acceptors (Lipinski definition) is 4. The molecule has 2 N–H and O–H groups in total. The van der Waals surface area contributed by atoms with E-state index in [9.17, 15) is 0 Å². The minimum atomic E-state index is 0.492. The molecule has 0 radical (unpaired) electrons. The van der Waals surface area contributed by atoms with Crippen molar-refractivity contribution < 1.29 is 9.47 Å². The van der Waals surface area contributed by atoms with E-state index in [1.165, 1.54) is 0 Å². The molecule has 0 aliphatic rings. The predicted octanol–water partition coefficient (Wildman–Crippen LogP) is 3.48. The fraction of sp³-hybridized carbons (Fsp3) is 0.263. The molecule has 0 amide bonds. The van der Waals surface area contributed by atoms with E-state index in [2.05, 4.69) is 15.8 Å². The molecular weight excluding hydrogens is 334 g/mol. The smallest absolute Gasteiger partial charge is 0.186 e. The molecule has 6 heteroatoms. The highest BCUT2D eigenvalue weighted by Gasteiger charge is 2.06. The molecule has 0 aliphatic heterocycles. The van der Waals surface area contributed by atoms with Gasteiger partial charge in [0.25, 0.3) is 0 Å². The van der Waals surface area contributed by atoms with Crippen molar-refractivity contribution in [3.05, 3.63) is 59.7 Å². The Kier molecular flexibility index (Phi) is 7.72. The lowest BCUT2D eigenvalue weighted by Gasteiger charge is -2.12. The average Bonchev–Trinajstić information content (AvgIpc) is 2.62. The maximum absolute atomic E-state index is 5.89. The van der Waals surface area contributed by atoms with Crippen molar-refractivity contribution in [2.45, 2.75) is 20.5 Å². The van der Waals surface area contributed by atoms with Gasteiger partial charge < -0.3 is 14.8 Å². The van der Waals surface area contributed by atoms with Gasteiger partial charge in [0, 0.05) is 6.54 Å². The molecule has 0 aliphatic carbocycles. The maximum atomic E-state index is 5.89. The van der Waals surface area contributed by atoms with Crippen LogP contribution in [0, 0.1) is 0 Å². The van der Waals surface area contributed by atoms with Gasteiger partial charge in [-0.3, -0.25) is 5.43 Å². The Morgan fingerprint density at radius 3 is 2.60 bits per heavy atom. The van der Waals surface area contributed by atoms with E-state index in [1.54, 1.807) is 6.21 Å². The summed E-state index contributed by atoms with van der Waals surface area (Å²) in [7, 11) is 0. The second-order valence-corrected chi connectivity index (χ2v) is 5.55. The molecule has 2 aromatic carbocycles. The minimum Gasteiger partial charge on any atom is -0.490 e. The molecule has 2 rings (SSSR count). The van der Waals surface area contributed by atoms with Gasteiger partial charge in [-0.2, -0.15) is 5.10 Å². The summed E-state index contributed by atoms with van der Waals surface area (Å²) < 4.78 is 11.6. The quantitative estimate of drug-likeness (QED) is 0.430. The molecule has 0 fully saturated rings. The molecule has 2 aromatic rings. The lowest BCUT2D eigenvalue weighted by Crippen LogP contribution is -2.31. The summed E-state index contributed by atoms with van der Waals surface area (Å²) in [5, 5.41) is 7.57. The van der Waals surface area contributed by atoms with Crippen LogP contribution < -0.4 is 20.2 Å². The number of ether oxygens (including phenoxy) is 2. The Morgan fingerprint density at radius 2 is 1.88 bits per heavy atom. The lowest BCUT2D eigenvalue weighted by molar-refractivity contribution is 0.269. The van der Waals surface area contributed by atoms with Crippen LogP contribution in [0.5, 0.6) is 11.5 Å². The number of thiocarbonyl (C=S) groups is 1. The van der Waals surface area contributed by atoms with Crippen molar-refractivity contribution in [3.8, 4) is 11.5 Å². The topological polar surface area (TPSA) is 54.9 Å². The molecule has 0 heterocycles. The third-order valence-electron chi connectivity index (χ3n) is 3.22. The molecular formula is C19H23N3O2S. The summed E-state index contributed by atoms with van der Waals surface area (Å²) >= 11 is 5.06. The standard InChI is InChI=1S/C19H23N3O2S/c1-3-20-19(25)22-21-13-16-10-11-17(18(12-16)23-4-2)24-14-15-8-6-5-7-9-15/h5-13H,3-4,14H2,1-2H3,(H2,20,22,25). The number of nitrogens with one attached hydrogen (secondary N) is 2. The number of hydrazone groups is 1. The zero-order valence-corrected chi connectivity index (χ0v) is 15.3. The predicted molar refractivity (Wildman–Crippen MR) is 105 cm³/mol. The van der Waals surface area contributed by atoms with E-state index in [4.69, 9.17) is 21.7 Å². The highest BCUT2D eigenvalue weighted by atomic mass is 32.1. The van der Waals surface area contributed by atoms with Crippen LogP contribution in [0.3, 0.4) is 0 Å². The van der Waals surface area contributed by atoms with Crippen LogP contribution in [-0.4, -0.2) is 24.5 Å². The highest BCUT2D eigenvalue weighted by Crippen LogP contribution is 2.28. The number of benzene rings is 2. The van der Waals surface area contributed by atoms with Crippen molar-refractivity contribution in [1.82, 2.24) is 10.7 Å². The average molecular weight is 357 g/mol. The molecule has 5 nitrogen and oxygen atoms in total. The Morgan fingerprint density at radius 1 is 1.08 bits per heavy atom. The van der Waals surface area contributed by atoms with E-state index < -0.39 is 0 Å². The summed E-state index contributed by atoms with van der Waals surface area (Å²) in [6, 6.07) is 15.7. The fourth-order valence-corrected chi connectivity index (χ4v) is 2.29. The molecule has 0 unspecified atom stereocenters. The van der Waals surface area contributed by atoms with Crippen LogP contribution >= 0.6 is 12.2 Å². The lowest BCUT2D eigenvalue weighted by atomic mass is 10.2.